The summed E-state index contributed by atoms with van der Waals surface area (Å²) in [5, 5.41) is 7.92. The van der Waals surface area contributed by atoms with Gasteiger partial charge in [-0.1, -0.05) is 24.3 Å². The summed E-state index contributed by atoms with van der Waals surface area (Å²) in [4.78, 5) is 23.6. The number of carbonyl (C=O) groups is 2. The molecule has 0 aromatic heterocycles. The van der Waals surface area contributed by atoms with E-state index in [0.29, 0.717) is 23.4 Å². The minimum Gasteiger partial charge on any atom is -0.341 e. The van der Waals surface area contributed by atoms with Gasteiger partial charge in [0.2, 0.25) is 5.91 Å². The lowest BCUT2D eigenvalue weighted by Crippen LogP contribution is -2.24. The van der Waals surface area contributed by atoms with Crippen molar-refractivity contribution in [2.75, 3.05) is 17.7 Å². The first-order chi connectivity index (χ1) is 11.6. The van der Waals surface area contributed by atoms with Crippen LogP contribution in [0.2, 0.25) is 0 Å². The van der Waals surface area contributed by atoms with Gasteiger partial charge < -0.3 is 16.0 Å². The van der Waals surface area contributed by atoms with Crippen LogP contribution in [0.3, 0.4) is 0 Å². The van der Waals surface area contributed by atoms with Gasteiger partial charge in [0.25, 0.3) is 0 Å². The molecule has 1 saturated carbocycles. The molecule has 0 radical (unpaired) electrons. The van der Waals surface area contributed by atoms with Crippen LogP contribution in [0.4, 0.5) is 20.6 Å². The molecule has 3 rings (SSSR count). The average Bonchev–Trinajstić information content (AvgIpc) is 3.36. The van der Waals surface area contributed by atoms with Crippen LogP contribution < -0.4 is 16.0 Å². The molecular weight excluding hydrogens is 309 g/mol. The Morgan fingerprint density at radius 2 is 1.75 bits per heavy atom. The Hall–Kier alpha value is -2.89. The fourth-order valence-electron chi connectivity index (χ4n) is 2.71. The molecule has 124 valence electrons. The largest absolute Gasteiger partial charge is 0.341 e. The fraction of sp³-hybridized carbons (Fsp3) is 0.222. The molecule has 2 aromatic rings. The molecule has 1 aliphatic rings. The van der Waals surface area contributed by atoms with Gasteiger partial charge in [-0.25, -0.2) is 9.18 Å². The summed E-state index contributed by atoms with van der Waals surface area (Å²) in [6.45, 7) is 0. The molecule has 1 aliphatic carbocycles. The third-order valence-electron chi connectivity index (χ3n) is 4.05. The highest BCUT2D eigenvalue weighted by Crippen LogP contribution is 2.48. The minimum absolute atomic E-state index is 0.0709. The number of hydrogen-bond donors (Lipinski definition) is 3. The summed E-state index contributed by atoms with van der Waals surface area (Å²) in [6.07, 6.45) is 0.642. The smallest absolute Gasteiger partial charge is 0.318 e. The third-order valence-corrected chi connectivity index (χ3v) is 4.05. The number of urea groups is 1. The first kappa shape index (κ1) is 16.0. The molecule has 3 N–H and O–H groups in total. The van der Waals surface area contributed by atoms with Crippen molar-refractivity contribution in [3.8, 4) is 0 Å². The van der Waals surface area contributed by atoms with Crippen molar-refractivity contribution in [1.29, 1.82) is 0 Å². The molecular formula is C18H18FN3O2. The average molecular weight is 327 g/mol. The normalized spacial score (nSPS) is 18.6. The van der Waals surface area contributed by atoms with Crippen molar-refractivity contribution < 1.29 is 14.0 Å². The quantitative estimate of drug-likeness (QED) is 0.806. The predicted molar refractivity (Wildman–Crippen MR) is 90.4 cm³/mol. The lowest BCUT2D eigenvalue weighted by Gasteiger charge is -2.09. The van der Waals surface area contributed by atoms with Crippen LogP contribution >= 0.6 is 0 Å². The highest BCUT2D eigenvalue weighted by molar-refractivity contribution is 5.96. The number of nitrogens with one attached hydrogen (secondary N) is 3. The zero-order valence-electron chi connectivity index (χ0n) is 13.2. The predicted octanol–water partition coefficient (Wildman–Crippen LogP) is 3.32. The number of anilines is 2. The highest BCUT2D eigenvalue weighted by Gasteiger charge is 2.45. The second kappa shape index (κ2) is 6.70. The van der Waals surface area contributed by atoms with Crippen LogP contribution in [-0.2, 0) is 4.79 Å². The molecule has 2 unspecified atom stereocenters. The molecule has 6 heteroatoms. The van der Waals surface area contributed by atoms with E-state index < -0.39 is 0 Å². The Morgan fingerprint density at radius 1 is 1.04 bits per heavy atom. The highest BCUT2D eigenvalue weighted by atomic mass is 19.1. The van der Waals surface area contributed by atoms with Gasteiger partial charge in [0.05, 0.1) is 0 Å². The van der Waals surface area contributed by atoms with Gasteiger partial charge in [-0.05, 0) is 42.2 Å². The standard InChI is InChI=1S/C18H18FN3O2/c1-20-18(24)22-12-6-4-5-11(9-12)21-17(23)15-10-14(15)13-7-2-3-8-16(13)19/h2-9,14-15H,10H2,1H3,(H,21,23)(H2,20,22,24). The third kappa shape index (κ3) is 3.53. The van der Waals surface area contributed by atoms with Crippen LogP contribution in [0.15, 0.2) is 48.5 Å². The number of halogens is 1. The maximum absolute atomic E-state index is 13.8. The number of amides is 3. The molecule has 0 aliphatic heterocycles. The van der Waals surface area contributed by atoms with Crippen LogP contribution in [0.1, 0.15) is 17.9 Å². The molecule has 2 atom stereocenters. The van der Waals surface area contributed by atoms with Crippen LogP contribution in [0.5, 0.6) is 0 Å². The molecule has 1 fully saturated rings. The number of benzene rings is 2. The van der Waals surface area contributed by atoms with Gasteiger partial charge in [-0.2, -0.15) is 0 Å². The van der Waals surface area contributed by atoms with Gasteiger partial charge in [-0.15, -0.1) is 0 Å². The Balaban J connectivity index is 1.63. The van der Waals surface area contributed by atoms with Crippen molar-refractivity contribution in [2.45, 2.75) is 12.3 Å². The zero-order valence-corrected chi connectivity index (χ0v) is 13.2. The van der Waals surface area contributed by atoms with E-state index in [2.05, 4.69) is 16.0 Å². The Labute approximate surface area is 139 Å². The van der Waals surface area contributed by atoms with E-state index in [1.54, 1.807) is 42.5 Å². The first-order valence-electron chi connectivity index (χ1n) is 7.72. The van der Waals surface area contributed by atoms with Crippen molar-refractivity contribution in [3.05, 3.63) is 59.9 Å². The van der Waals surface area contributed by atoms with Gasteiger partial charge in [-0.3, -0.25) is 4.79 Å². The van der Waals surface area contributed by atoms with E-state index in [1.807, 2.05) is 0 Å². The Bertz CT molecular complexity index is 778. The van der Waals surface area contributed by atoms with Crippen molar-refractivity contribution >= 4 is 23.3 Å². The van der Waals surface area contributed by atoms with Gasteiger partial charge in [0, 0.05) is 24.3 Å². The molecule has 2 aromatic carbocycles. The van der Waals surface area contributed by atoms with Gasteiger partial charge in [0.15, 0.2) is 0 Å². The van der Waals surface area contributed by atoms with E-state index in [0.717, 1.165) is 0 Å². The maximum atomic E-state index is 13.8. The van der Waals surface area contributed by atoms with Crippen LogP contribution in [-0.4, -0.2) is 19.0 Å². The maximum Gasteiger partial charge on any atom is 0.318 e. The number of hydrogen-bond acceptors (Lipinski definition) is 2. The molecule has 5 nitrogen and oxygen atoms in total. The molecule has 24 heavy (non-hydrogen) atoms. The second-order valence-corrected chi connectivity index (χ2v) is 5.74. The summed E-state index contributed by atoms with van der Waals surface area (Å²) in [5.41, 5.74) is 1.76. The number of rotatable bonds is 4. The zero-order chi connectivity index (χ0) is 17.1. The Kier molecular flexibility index (Phi) is 4.46. The monoisotopic (exact) mass is 327 g/mol. The first-order valence-corrected chi connectivity index (χ1v) is 7.72. The van der Waals surface area contributed by atoms with Gasteiger partial charge >= 0.3 is 6.03 Å². The minimum atomic E-state index is -0.333. The molecule has 0 bridgehead atoms. The molecule has 3 amide bonds. The van der Waals surface area contributed by atoms with E-state index in [1.165, 1.54) is 13.1 Å². The topological polar surface area (TPSA) is 70.2 Å². The van der Waals surface area contributed by atoms with Crippen molar-refractivity contribution in [2.24, 2.45) is 5.92 Å². The van der Waals surface area contributed by atoms with Gasteiger partial charge in [0.1, 0.15) is 5.82 Å². The SMILES string of the molecule is CNC(=O)Nc1cccc(NC(=O)C2CC2c2ccccc2F)c1. The van der Waals surface area contributed by atoms with E-state index in [9.17, 15) is 14.0 Å². The molecule has 0 heterocycles. The lowest BCUT2D eigenvalue weighted by atomic mass is 10.1. The fourth-order valence-corrected chi connectivity index (χ4v) is 2.71. The van der Waals surface area contributed by atoms with Crippen LogP contribution in [0, 0.1) is 11.7 Å². The molecule has 0 saturated heterocycles. The Morgan fingerprint density at radius 3 is 2.46 bits per heavy atom. The summed E-state index contributed by atoms with van der Waals surface area (Å²) in [6, 6.07) is 13.1. The summed E-state index contributed by atoms with van der Waals surface area (Å²) < 4.78 is 13.8. The van der Waals surface area contributed by atoms with E-state index in [4.69, 9.17) is 0 Å². The van der Waals surface area contributed by atoms with Crippen LogP contribution in [0.25, 0.3) is 0 Å². The lowest BCUT2D eigenvalue weighted by molar-refractivity contribution is -0.117. The van der Waals surface area contributed by atoms with E-state index in [-0.39, 0.29) is 29.6 Å². The second-order valence-electron chi connectivity index (χ2n) is 5.74. The van der Waals surface area contributed by atoms with E-state index >= 15 is 0 Å². The summed E-state index contributed by atoms with van der Waals surface area (Å²) in [7, 11) is 1.52. The van der Waals surface area contributed by atoms with Crippen molar-refractivity contribution in [3.63, 3.8) is 0 Å². The van der Waals surface area contributed by atoms with Crippen molar-refractivity contribution in [1.82, 2.24) is 5.32 Å². The number of carbonyl (C=O) groups excluding carboxylic acids is 2. The molecule has 0 spiro atoms. The summed E-state index contributed by atoms with van der Waals surface area (Å²) in [5.74, 6) is -0.703. The summed E-state index contributed by atoms with van der Waals surface area (Å²) >= 11 is 0.